The highest BCUT2D eigenvalue weighted by Gasteiger charge is 2.25. The minimum Gasteiger partial charge on any atom is -0.357 e. The Labute approximate surface area is 117 Å². The van der Waals surface area contributed by atoms with Gasteiger partial charge in [0.25, 0.3) is 4.92 Å². The summed E-state index contributed by atoms with van der Waals surface area (Å²) in [5, 5.41) is 13.7. The molecule has 1 aromatic heterocycles. The summed E-state index contributed by atoms with van der Waals surface area (Å²) in [4.78, 5) is 14.4. The molecule has 1 atom stereocenters. The fraction of sp³-hybridized carbons (Fsp3) is 0.467. The van der Waals surface area contributed by atoms with Crippen molar-refractivity contribution in [3.8, 4) is 0 Å². The van der Waals surface area contributed by atoms with Gasteiger partial charge in [-0.2, -0.15) is 0 Å². The average molecular weight is 274 g/mol. The number of aromatic nitrogens is 1. The highest BCUT2D eigenvalue weighted by molar-refractivity contribution is 5.87. The quantitative estimate of drug-likeness (QED) is 0.752. The molecule has 0 amide bonds. The van der Waals surface area contributed by atoms with Crippen molar-refractivity contribution >= 4 is 16.6 Å². The maximum Gasteiger partial charge on any atom is 0.317 e. The summed E-state index contributed by atoms with van der Waals surface area (Å²) in [6.07, 6.45) is 3.27. The highest BCUT2D eigenvalue weighted by atomic mass is 16.6. The van der Waals surface area contributed by atoms with E-state index in [1.54, 1.807) is 12.1 Å². The van der Waals surface area contributed by atoms with Crippen LogP contribution >= 0.6 is 0 Å². The second-order valence-corrected chi connectivity index (χ2v) is 5.79. The number of fused-ring (bicyclic) bond motifs is 3. The first-order valence-corrected chi connectivity index (χ1v) is 7.13. The molecule has 3 rings (SSSR count). The fourth-order valence-corrected chi connectivity index (χ4v) is 3.14. The van der Waals surface area contributed by atoms with Crippen LogP contribution in [0.1, 0.15) is 44.0 Å². The summed E-state index contributed by atoms with van der Waals surface area (Å²) < 4.78 is 0. The lowest BCUT2D eigenvalue weighted by Gasteiger charge is -2.25. The Bertz CT molecular complexity index is 660. The van der Waals surface area contributed by atoms with E-state index in [1.165, 1.54) is 11.3 Å². The van der Waals surface area contributed by atoms with Gasteiger partial charge in [-0.25, -0.2) is 5.21 Å². The van der Waals surface area contributed by atoms with Crippen molar-refractivity contribution in [1.82, 2.24) is 10.3 Å². The van der Waals surface area contributed by atoms with E-state index in [9.17, 15) is 4.91 Å². The van der Waals surface area contributed by atoms with Crippen molar-refractivity contribution in [1.29, 1.82) is 0 Å². The van der Waals surface area contributed by atoms with Gasteiger partial charge in [0, 0.05) is 40.8 Å². The number of H-pyrrole nitrogens is 1. The van der Waals surface area contributed by atoms with Crippen LogP contribution < -0.4 is 5.32 Å². The van der Waals surface area contributed by atoms with Gasteiger partial charge < -0.3 is 10.3 Å². The number of nitrogens with one attached hydrogen (secondary N) is 2. The summed E-state index contributed by atoms with van der Waals surface area (Å²) in [5.41, 5.74) is 3.80. The molecule has 1 aliphatic carbocycles. The van der Waals surface area contributed by atoms with Gasteiger partial charge in [0.1, 0.15) is 0 Å². The Hall–Kier alpha value is -1.88. The molecule has 0 fully saturated rings. The van der Waals surface area contributed by atoms with E-state index in [1.807, 2.05) is 6.07 Å². The molecule has 3 N–H and O–H groups in total. The van der Waals surface area contributed by atoms with Crippen LogP contribution in [-0.2, 0) is 6.42 Å². The van der Waals surface area contributed by atoms with Crippen LogP contribution in [0.3, 0.4) is 0 Å². The molecule has 106 valence electrons. The maximum absolute atomic E-state index is 11.0. The third-order valence-corrected chi connectivity index (χ3v) is 3.95. The molecule has 0 radical (unpaired) electrons. The van der Waals surface area contributed by atoms with Gasteiger partial charge in [0.05, 0.1) is 4.91 Å². The first kappa shape index (κ1) is 13.1. The minimum absolute atomic E-state index is 0.0779. The van der Waals surface area contributed by atoms with Crippen molar-refractivity contribution in [2.75, 3.05) is 0 Å². The lowest BCUT2D eigenvalue weighted by Crippen LogP contribution is -2.30. The Morgan fingerprint density at radius 2 is 2.25 bits per heavy atom. The lowest BCUT2D eigenvalue weighted by molar-refractivity contribution is -0.729. The Morgan fingerprint density at radius 1 is 1.45 bits per heavy atom. The average Bonchev–Trinajstić information content (AvgIpc) is 2.77. The van der Waals surface area contributed by atoms with Crippen molar-refractivity contribution in [2.24, 2.45) is 0 Å². The van der Waals surface area contributed by atoms with Gasteiger partial charge >= 0.3 is 5.69 Å². The zero-order valence-corrected chi connectivity index (χ0v) is 11.8. The van der Waals surface area contributed by atoms with Gasteiger partial charge in [0.2, 0.25) is 0 Å². The number of hydrogen-bond acceptors (Lipinski definition) is 2. The number of aryl methyl sites for hydroxylation is 1. The van der Waals surface area contributed by atoms with Gasteiger partial charge in [-0.1, -0.05) is 13.8 Å². The Kier molecular flexibility index (Phi) is 3.22. The van der Waals surface area contributed by atoms with E-state index >= 15 is 0 Å². The SMILES string of the molecule is CC(C)NC1CCCc2c1[nH]c1ccc([N+](=O)O)cc21. The molecule has 5 heteroatoms. The predicted octanol–water partition coefficient (Wildman–Crippen LogP) is 3.34. The molecule has 5 nitrogen and oxygen atoms in total. The Balaban J connectivity index is 2.10. The van der Waals surface area contributed by atoms with Gasteiger partial charge in [-0.05, 0) is 30.9 Å². The molecule has 0 saturated heterocycles. The monoisotopic (exact) mass is 274 g/mol. The first-order chi connectivity index (χ1) is 9.56. The molecular formula is C15H20N3O2+. The van der Waals surface area contributed by atoms with E-state index in [4.69, 9.17) is 5.21 Å². The van der Waals surface area contributed by atoms with E-state index < -0.39 is 0 Å². The molecule has 20 heavy (non-hydrogen) atoms. The summed E-state index contributed by atoms with van der Waals surface area (Å²) >= 11 is 0. The molecule has 0 saturated carbocycles. The van der Waals surface area contributed by atoms with Crippen molar-refractivity contribution in [3.05, 3.63) is 34.4 Å². The Morgan fingerprint density at radius 3 is 2.95 bits per heavy atom. The van der Waals surface area contributed by atoms with Crippen molar-refractivity contribution < 1.29 is 10.1 Å². The van der Waals surface area contributed by atoms with Crippen LogP contribution in [0.2, 0.25) is 0 Å². The maximum atomic E-state index is 11.0. The topological polar surface area (TPSA) is 68.1 Å². The fourth-order valence-electron chi connectivity index (χ4n) is 3.14. The van der Waals surface area contributed by atoms with E-state index in [2.05, 4.69) is 24.1 Å². The van der Waals surface area contributed by atoms with E-state index in [0.29, 0.717) is 12.1 Å². The summed E-state index contributed by atoms with van der Waals surface area (Å²) in [7, 11) is 0. The largest absolute Gasteiger partial charge is 0.357 e. The standard InChI is InChI=1S/C15H20N3O2/c1-9(2)16-14-5-3-4-11-12-8-10(18(19)20)6-7-13(12)17-15(11)14/h6-9,14,16-17H,3-5H2,1-2H3,(H,19,20)/q+1. The molecule has 0 bridgehead atoms. The number of nitrogens with zero attached hydrogens (tertiary/aromatic N) is 1. The van der Waals surface area contributed by atoms with Crippen LogP contribution in [-0.4, -0.2) is 21.2 Å². The molecule has 1 aromatic carbocycles. The molecule has 2 aromatic rings. The minimum atomic E-state index is -0.0779. The first-order valence-electron chi connectivity index (χ1n) is 7.13. The summed E-state index contributed by atoms with van der Waals surface area (Å²) in [6.45, 7) is 4.30. The van der Waals surface area contributed by atoms with Gasteiger partial charge in [0.15, 0.2) is 0 Å². The molecule has 1 unspecified atom stereocenters. The number of hydrogen-bond donors (Lipinski definition) is 3. The normalized spacial score (nSPS) is 18.4. The van der Waals surface area contributed by atoms with Crippen molar-refractivity contribution in [2.45, 2.75) is 45.2 Å². The van der Waals surface area contributed by atoms with Crippen LogP contribution in [0.4, 0.5) is 5.69 Å². The predicted molar refractivity (Wildman–Crippen MR) is 77.3 cm³/mol. The number of benzene rings is 1. The molecule has 0 aliphatic heterocycles. The second kappa shape index (κ2) is 4.90. The van der Waals surface area contributed by atoms with Crippen LogP contribution in [0.15, 0.2) is 18.2 Å². The molecule has 1 heterocycles. The summed E-state index contributed by atoms with van der Waals surface area (Å²) in [6, 6.07) is 6.02. The molecule has 0 spiro atoms. The van der Waals surface area contributed by atoms with Crippen LogP contribution in [0.25, 0.3) is 10.9 Å². The van der Waals surface area contributed by atoms with Crippen LogP contribution in [0, 0.1) is 4.91 Å². The second-order valence-electron chi connectivity index (χ2n) is 5.79. The molecule has 1 aliphatic rings. The van der Waals surface area contributed by atoms with Crippen LogP contribution in [0.5, 0.6) is 0 Å². The lowest BCUT2D eigenvalue weighted by atomic mass is 9.91. The highest BCUT2D eigenvalue weighted by Crippen LogP contribution is 2.36. The zero-order valence-electron chi connectivity index (χ0n) is 11.8. The smallest absolute Gasteiger partial charge is 0.317 e. The van der Waals surface area contributed by atoms with Crippen molar-refractivity contribution in [3.63, 3.8) is 0 Å². The third kappa shape index (κ3) is 2.18. The zero-order chi connectivity index (χ0) is 14.3. The van der Waals surface area contributed by atoms with E-state index in [0.717, 1.165) is 30.2 Å². The number of rotatable bonds is 3. The van der Waals surface area contributed by atoms with Gasteiger partial charge in [-0.3, -0.25) is 0 Å². The van der Waals surface area contributed by atoms with E-state index in [-0.39, 0.29) is 10.6 Å². The molecular weight excluding hydrogens is 254 g/mol. The van der Waals surface area contributed by atoms with Gasteiger partial charge in [-0.15, -0.1) is 0 Å². The summed E-state index contributed by atoms with van der Waals surface area (Å²) in [5.74, 6) is 0. The number of aromatic amines is 1. The third-order valence-electron chi connectivity index (χ3n) is 3.95.